The number of nitrogens with one attached hydrogen (secondary N) is 2. The molecule has 2 unspecified atom stereocenters. The summed E-state index contributed by atoms with van der Waals surface area (Å²) in [6.07, 6.45) is 2.65. The highest BCUT2D eigenvalue weighted by Crippen LogP contribution is 2.48. The minimum absolute atomic E-state index is 0.00236. The summed E-state index contributed by atoms with van der Waals surface area (Å²) < 4.78 is 16.6. The summed E-state index contributed by atoms with van der Waals surface area (Å²) in [5, 5.41) is 6.35. The molecule has 206 valence electrons. The van der Waals surface area contributed by atoms with Crippen LogP contribution in [0.5, 0.6) is 17.2 Å². The van der Waals surface area contributed by atoms with Crippen molar-refractivity contribution in [1.29, 1.82) is 0 Å². The summed E-state index contributed by atoms with van der Waals surface area (Å²) in [5.74, 6) is 1.35. The largest absolute Gasteiger partial charge is 0.497 e. The van der Waals surface area contributed by atoms with Crippen molar-refractivity contribution in [2.75, 3.05) is 26.6 Å². The maximum atomic E-state index is 14.0. The molecule has 0 spiro atoms. The number of Topliss-reactive ketones (excluding diaryl/α,β-unsaturated/α-hetero) is 1. The van der Waals surface area contributed by atoms with E-state index in [1.807, 2.05) is 50.2 Å². The van der Waals surface area contributed by atoms with Crippen molar-refractivity contribution >= 4 is 17.5 Å². The third-order valence-corrected chi connectivity index (χ3v) is 7.56. The van der Waals surface area contributed by atoms with Crippen LogP contribution in [-0.4, -0.2) is 38.0 Å². The number of ketones is 1. The molecule has 1 aliphatic heterocycles. The lowest BCUT2D eigenvalue weighted by Gasteiger charge is -2.37. The number of amides is 1. The van der Waals surface area contributed by atoms with E-state index in [0.717, 1.165) is 22.6 Å². The second kappa shape index (κ2) is 11.3. The number of dihydropyridines is 1. The molecule has 2 heterocycles. The molecule has 2 atom stereocenters. The summed E-state index contributed by atoms with van der Waals surface area (Å²) in [4.78, 5) is 32.2. The number of benzene rings is 2. The molecule has 0 fully saturated rings. The molecule has 0 radical (unpaired) electrons. The van der Waals surface area contributed by atoms with Crippen LogP contribution in [0.15, 0.2) is 83.3 Å². The second-order valence-corrected chi connectivity index (χ2v) is 10.1. The predicted molar refractivity (Wildman–Crippen MR) is 153 cm³/mol. The van der Waals surface area contributed by atoms with Crippen molar-refractivity contribution < 1.29 is 23.8 Å². The number of methoxy groups -OCH3 is 3. The maximum Gasteiger partial charge on any atom is 0.255 e. The van der Waals surface area contributed by atoms with E-state index in [9.17, 15) is 9.59 Å². The van der Waals surface area contributed by atoms with Gasteiger partial charge >= 0.3 is 0 Å². The van der Waals surface area contributed by atoms with Gasteiger partial charge in [0, 0.05) is 40.7 Å². The minimum atomic E-state index is -0.656. The van der Waals surface area contributed by atoms with Gasteiger partial charge in [0.05, 0.1) is 27.2 Å². The number of rotatable bonds is 7. The molecule has 8 heteroatoms. The van der Waals surface area contributed by atoms with Crippen molar-refractivity contribution in [2.45, 2.75) is 38.5 Å². The molecule has 5 rings (SSSR count). The Kier molecular flexibility index (Phi) is 7.60. The zero-order valence-electron chi connectivity index (χ0n) is 23.3. The number of pyridine rings is 1. The highest BCUT2D eigenvalue weighted by Gasteiger charge is 2.42. The number of hydrogen-bond acceptors (Lipinski definition) is 7. The first kappa shape index (κ1) is 27.0. The normalized spacial score (nSPS) is 18.6. The van der Waals surface area contributed by atoms with Crippen LogP contribution in [0, 0.1) is 6.92 Å². The van der Waals surface area contributed by atoms with E-state index in [0.29, 0.717) is 52.6 Å². The van der Waals surface area contributed by atoms with E-state index in [-0.39, 0.29) is 17.6 Å². The number of ether oxygens (including phenoxy) is 3. The van der Waals surface area contributed by atoms with Crippen LogP contribution in [-0.2, 0) is 9.59 Å². The molecule has 2 N–H and O–H groups in total. The third-order valence-electron chi connectivity index (χ3n) is 7.56. The Balaban J connectivity index is 1.60. The Morgan fingerprint density at radius 1 is 0.925 bits per heavy atom. The summed E-state index contributed by atoms with van der Waals surface area (Å²) in [7, 11) is 4.80. The van der Waals surface area contributed by atoms with E-state index in [1.54, 1.807) is 45.7 Å². The van der Waals surface area contributed by atoms with Gasteiger partial charge < -0.3 is 24.8 Å². The average molecular weight is 540 g/mol. The molecule has 3 aromatic rings. The number of carbonyl (C=O) groups excluding carboxylic acids is 2. The lowest BCUT2D eigenvalue weighted by molar-refractivity contribution is -0.116. The predicted octanol–water partition coefficient (Wildman–Crippen LogP) is 5.42. The monoisotopic (exact) mass is 539 g/mol. The van der Waals surface area contributed by atoms with Crippen LogP contribution in [0.2, 0.25) is 0 Å². The number of nitrogens with zero attached hydrogens (tertiary/aromatic N) is 1. The fourth-order valence-corrected chi connectivity index (χ4v) is 5.55. The van der Waals surface area contributed by atoms with Gasteiger partial charge in [-0.2, -0.15) is 0 Å². The molecule has 0 bridgehead atoms. The van der Waals surface area contributed by atoms with E-state index in [2.05, 4.69) is 15.6 Å². The quantitative estimate of drug-likeness (QED) is 0.414. The van der Waals surface area contributed by atoms with Gasteiger partial charge in [-0.3, -0.25) is 9.59 Å². The van der Waals surface area contributed by atoms with Gasteiger partial charge in [0.15, 0.2) is 5.78 Å². The average Bonchev–Trinajstić information content (AvgIpc) is 2.97. The molecule has 40 heavy (non-hydrogen) atoms. The zero-order chi connectivity index (χ0) is 28.4. The lowest BCUT2D eigenvalue weighted by Crippen LogP contribution is -2.37. The fraction of sp³-hybridized carbons (Fsp3) is 0.281. The van der Waals surface area contributed by atoms with E-state index >= 15 is 0 Å². The van der Waals surface area contributed by atoms with Gasteiger partial charge in [-0.05, 0) is 73.7 Å². The number of aryl methyl sites for hydroxylation is 1. The molecule has 8 nitrogen and oxygen atoms in total. The lowest BCUT2D eigenvalue weighted by atomic mass is 9.71. The van der Waals surface area contributed by atoms with Crippen molar-refractivity contribution in [3.63, 3.8) is 0 Å². The van der Waals surface area contributed by atoms with Crippen LogP contribution < -0.4 is 24.8 Å². The van der Waals surface area contributed by atoms with Gasteiger partial charge in [-0.25, -0.2) is 4.98 Å². The second-order valence-electron chi connectivity index (χ2n) is 10.1. The first-order chi connectivity index (χ1) is 19.3. The van der Waals surface area contributed by atoms with Gasteiger partial charge in [-0.1, -0.05) is 18.2 Å². The van der Waals surface area contributed by atoms with Gasteiger partial charge in [0.25, 0.3) is 5.91 Å². The van der Waals surface area contributed by atoms with Crippen molar-refractivity contribution in [3.05, 3.63) is 100 Å². The Bertz CT molecular complexity index is 1510. The molecule has 1 amide bonds. The van der Waals surface area contributed by atoms with Crippen LogP contribution in [0.4, 0.5) is 5.82 Å². The highest BCUT2D eigenvalue weighted by molar-refractivity contribution is 6.09. The summed E-state index contributed by atoms with van der Waals surface area (Å²) >= 11 is 0. The molecule has 2 aliphatic rings. The summed E-state index contributed by atoms with van der Waals surface area (Å²) in [5.41, 5.74) is 5.23. The summed E-state index contributed by atoms with van der Waals surface area (Å²) in [6.45, 7) is 3.80. The molecular formula is C32H33N3O5. The number of aromatic nitrogens is 1. The first-order valence-corrected chi connectivity index (χ1v) is 13.2. The molecular weight excluding hydrogens is 506 g/mol. The zero-order valence-corrected chi connectivity index (χ0v) is 23.3. The smallest absolute Gasteiger partial charge is 0.255 e. The van der Waals surface area contributed by atoms with Gasteiger partial charge in [0.2, 0.25) is 0 Å². The van der Waals surface area contributed by atoms with Crippen LogP contribution >= 0.6 is 0 Å². The number of carbonyl (C=O) groups is 2. The van der Waals surface area contributed by atoms with Crippen molar-refractivity contribution in [3.8, 4) is 17.2 Å². The Labute approximate surface area is 234 Å². The van der Waals surface area contributed by atoms with Gasteiger partial charge in [0.1, 0.15) is 23.1 Å². The standard InChI is InChI=1S/C32H33N3O5/c1-18-6-13-28(33-17-18)35-32(37)29-19(2)34-25-14-21(20-7-9-22(38-3)10-8-20)15-26(36)31(25)30(29)24-16-23(39-4)11-12-27(24)40-5/h6-13,16-17,21,30,34H,14-15H2,1-5H3,(H,33,35,37). The molecule has 0 saturated carbocycles. The Hall–Kier alpha value is -4.59. The van der Waals surface area contributed by atoms with E-state index in [4.69, 9.17) is 14.2 Å². The Morgan fingerprint density at radius 2 is 1.65 bits per heavy atom. The molecule has 2 aromatic carbocycles. The topological polar surface area (TPSA) is 98.8 Å². The number of hydrogen-bond donors (Lipinski definition) is 2. The Morgan fingerprint density at radius 3 is 2.30 bits per heavy atom. The van der Waals surface area contributed by atoms with Crippen LogP contribution in [0.25, 0.3) is 0 Å². The van der Waals surface area contributed by atoms with E-state index < -0.39 is 5.92 Å². The maximum absolute atomic E-state index is 14.0. The van der Waals surface area contributed by atoms with Crippen molar-refractivity contribution in [2.24, 2.45) is 0 Å². The SMILES string of the molecule is COc1ccc(C2CC(=O)C3=C(C2)NC(C)=C(C(=O)Nc2ccc(C)cn2)C3c2cc(OC)ccc2OC)cc1. The van der Waals surface area contributed by atoms with E-state index in [1.165, 1.54) is 0 Å². The summed E-state index contributed by atoms with van der Waals surface area (Å²) in [6, 6.07) is 16.9. The fourth-order valence-electron chi connectivity index (χ4n) is 5.55. The highest BCUT2D eigenvalue weighted by atomic mass is 16.5. The van der Waals surface area contributed by atoms with Crippen LogP contribution in [0.3, 0.4) is 0 Å². The first-order valence-electron chi connectivity index (χ1n) is 13.2. The number of allylic oxidation sites excluding steroid dienone is 3. The number of anilines is 1. The van der Waals surface area contributed by atoms with Gasteiger partial charge in [-0.15, -0.1) is 0 Å². The van der Waals surface area contributed by atoms with Crippen molar-refractivity contribution in [1.82, 2.24) is 10.3 Å². The third kappa shape index (κ3) is 5.17. The minimum Gasteiger partial charge on any atom is -0.497 e. The molecule has 1 aromatic heterocycles. The molecule has 1 aliphatic carbocycles. The van der Waals surface area contributed by atoms with Crippen LogP contribution in [0.1, 0.15) is 48.3 Å². The molecule has 0 saturated heterocycles.